The summed E-state index contributed by atoms with van der Waals surface area (Å²) in [5.74, 6) is 0. The van der Waals surface area contributed by atoms with Crippen molar-refractivity contribution in [1.29, 1.82) is 0 Å². The first-order chi connectivity index (χ1) is 9.65. The summed E-state index contributed by atoms with van der Waals surface area (Å²) in [6.45, 7) is 6.48. The number of rotatable bonds is 2. The van der Waals surface area contributed by atoms with Crippen LogP contribution in [0.1, 0.15) is 27.9 Å². The van der Waals surface area contributed by atoms with Gasteiger partial charge in [0.1, 0.15) is 0 Å². The molecule has 0 bridgehead atoms. The van der Waals surface area contributed by atoms with Crippen molar-refractivity contribution in [3.63, 3.8) is 0 Å². The van der Waals surface area contributed by atoms with Gasteiger partial charge in [0, 0.05) is 18.0 Å². The number of fused-ring (bicyclic) bond motifs is 1. The number of benzene rings is 2. The normalized spacial score (nSPS) is 10.9. The Kier molecular flexibility index (Phi) is 3.27. The molecule has 0 aliphatic carbocycles. The zero-order chi connectivity index (χ0) is 14.1. The molecule has 1 heteroatoms. The van der Waals surface area contributed by atoms with Gasteiger partial charge in [-0.3, -0.25) is 4.98 Å². The van der Waals surface area contributed by atoms with Gasteiger partial charge in [-0.2, -0.15) is 0 Å². The summed E-state index contributed by atoms with van der Waals surface area (Å²) < 4.78 is 0. The molecule has 3 rings (SSSR count). The van der Waals surface area contributed by atoms with Gasteiger partial charge in [-0.1, -0.05) is 48.0 Å². The molecule has 1 heterocycles. The fourth-order valence-corrected chi connectivity index (χ4v) is 2.89. The first-order valence-electron chi connectivity index (χ1n) is 7.04. The van der Waals surface area contributed by atoms with Gasteiger partial charge in [0.15, 0.2) is 0 Å². The van der Waals surface area contributed by atoms with E-state index >= 15 is 0 Å². The summed E-state index contributed by atoms with van der Waals surface area (Å²) in [6.07, 6.45) is 2.89. The average molecular weight is 261 g/mol. The molecule has 0 N–H and O–H groups in total. The Balaban J connectivity index is 2.19. The Hall–Kier alpha value is -2.15. The molecular formula is C19H19N. The SMILES string of the molecule is Cc1cc(C)c2c(Cc3ccccc3)ncc(C)c2c1. The number of pyridine rings is 1. The third-order valence-corrected chi connectivity index (χ3v) is 3.82. The summed E-state index contributed by atoms with van der Waals surface area (Å²) >= 11 is 0. The highest BCUT2D eigenvalue weighted by molar-refractivity contribution is 5.90. The Labute approximate surface area is 120 Å². The van der Waals surface area contributed by atoms with Crippen LogP contribution in [0.15, 0.2) is 48.7 Å². The van der Waals surface area contributed by atoms with Crippen LogP contribution in [0, 0.1) is 20.8 Å². The van der Waals surface area contributed by atoms with Crippen molar-refractivity contribution in [2.24, 2.45) is 0 Å². The highest BCUT2D eigenvalue weighted by Crippen LogP contribution is 2.27. The molecule has 100 valence electrons. The maximum atomic E-state index is 4.69. The largest absolute Gasteiger partial charge is 0.260 e. The molecule has 2 aromatic carbocycles. The summed E-state index contributed by atoms with van der Waals surface area (Å²) in [7, 11) is 0. The van der Waals surface area contributed by atoms with Crippen LogP contribution < -0.4 is 0 Å². The first kappa shape index (κ1) is 12.9. The predicted octanol–water partition coefficient (Wildman–Crippen LogP) is 4.75. The minimum Gasteiger partial charge on any atom is -0.260 e. The topological polar surface area (TPSA) is 12.9 Å². The number of aromatic nitrogens is 1. The Morgan fingerprint density at radius 3 is 2.40 bits per heavy atom. The number of hydrogen-bond acceptors (Lipinski definition) is 1. The van der Waals surface area contributed by atoms with Crippen molar-refractivity contribution in [2.75, 3.05) is 0 Å². The lowest BCUT2D eigenvalue weighted by Gasteiger charge is -2.12. The van der Waals surface area contributed by atoms with Gasteiger partial charge in [-0.25, -0.2) is 0 Å². The minimum atomic E-state index is 0.890. The highest BCUT2D eigenvalue weighted by Gasteiger charge is 2.09. The fourth-order valence-electron chi connectivity index (χ4n) is 2.89. The summed E-state index contributed by atoms with van der Waals surface area (Å²) in [4.78, 5) is 4.69. The van der Waals surface area contributed by atoms with Gasteiger partial charge in [0.05, 0.1) is 5.69 Å². The van der Waals surface area contributed by atoms with E-state index in [9.17, 15) is 0 Å². The van der Waals surface area contributed by atoms with Crippen molar-refractivity contribution in [1.82, 2.24) is 4.98 Å². The van der Waals surface area contributed by atoms with Crippen molar-refractivity contribution >= 4 is 10.8 Å². The second-order valence-electron chi connectivity index (χ2n) is 5.55. The Morgan fingerprint density at radius 2 is 1.65 bits per heavy atom. The van der Waals surface area contributed by atoms with Crippen LogP contribution in [-0.4, -0.2) is 4.98 Å². The molecular weight excluding hydrogens is 242 g/mol. The van der Waals surface area contributed by atoms with E-state index in [-0.39, 0.29) is 0 Å². The van der Waals surface area contributed by atoms with E-state index in [1.54, 1.807) is 0 Å². The molecule has 0 aliphatic heterocycles. The zero-order valence-corrected chi connectivity index (χ0v) is 12.3. The van der Waals surface area contributed by atoms with Crippen LogP contribution in [0.5, 0.6) is 0 Å². The first-order valence-corrected chi connectivity index (χ1v) is 7.04. The number of hydrogen-bond donors (Lipinski definition) is 0. The molecule has 0 saturated heterocycles. The second-order valence-corrected chi connectivity index (χ2v) is 5.55. The third kappa shape index (κ3) is 2.32. The molecule has 0 atom stereocenters. The molecule has 20 heavy (non-hydrogen) atoms. The van der Waals surface area contributed by atoms with E-state index in [1.807, 2.05) is 6.20 Å². The van der Waals surface area contributed by atoms with Crippen LogP contribution in [-0.2, 0) is 6.42 Å². The van der Waals surface area contributed by atoms with Crippen molar-refractivity contribution in [3.05, 3.63) is 76.6 Å². The maximum absolute atomic E-state index is 4.69. The van der Waals surface area contributed by atoms with Gasteiger partial charge >= 0.3 is 0 Å². The van der Waals surface area contributed by atoms with E-state index in [2.05, 4.69) is 63.2 Å². The van der Waals surface area contributed by atoms with E-state index in [4.69, 9.17) is 4.98 Å². The van der Waals surface area contributed by atoms with Gasteiger partial charge in [0.2, 0.25) is 0 Å². The van der Waals surface area contributed by atoms with Gasteiger partial charge < -0.3 is 0 Å². The lowest BCUT2D eigenvalue weighted by molar-refractivity contribution is 1.08. The van der Waals surface area contributed by atoms with Crippen LogP contribution in [0.4, 0.5) is 0 Å². The summed E-state index contributed by atoms with van der Waals surface area (Å²) in [5, 5.41) is 2.66. The van der Waals surface area contributed by atoms with E-state index in [0.29, 0.717) is 0 Å². The highest BCUT2D eigenvalue weighted by atomic mass is 14.7. The maximum Gasteiger partial charge on any atom is 0.0528 e. The molecule has 1 nitrogen and oxygen atoms in total. The quantitative estimate of drug-likeness (QED) is 0.648. The van der Waals surface area contributed by atoms with Crippen LogP contribution in [0.25, 0.3) is 10.8 Å². The minimum absolute atomic E-state index is 0.890. The molecule has 0 spiro atoms. The molecule has 3 aromatic rings. The van der Waals surface area contributed by atoms with Crippen molar-refractivity contribution in [2.45, 2.75) is 27.2 Å². The standard InChI is InChI=1S/C19H19N/c1-13-9-14(2)19-17(10-13)15(3)12-20-18(19)11-16-7-5-4-6-8-16/h4-10,12H,11H2,1-3H3. The van der Waals surface area contributed by atoms with Crippen LogP contribution in [0.2, 0.25) is 0 Å². The van der Waals surface area contributed by atoms with Gasteiger partial charge in [-0.15, -0.1) is 0 Å². The van der Waals surface area contributed by atoms with Crippen molar-refractivity contribution in [3.8, 4) is 0 Å². The van der Waals surface area contributed by atoms with Crippen LogP contribution >= 0.6 is 0 Å². The zero-order valence-electron chi connectivity index (χ0n) is 12.3. The fraction of sp³-hybridized carbons (Fsp3) is 0.211. The predicted molar refractivity (Wildman–Crippen MR) is 85.2 cm³/mol. The van der Waals surface area contributed by atoms with E-state index in [1.165, 1.54) is 38.7 Å². The molecule has 0 unspecified atom stereocenters. The smallest absolute Gasteiger partial charge is 0.0528 e. The van der Waals surface area contributed by atoms with Crippen molar-refractivity contribution < 1.29 is 0 Å². The number of aryl methyl sites for hydroxylation is 3. The Bertz CT molecular complexity index is 758. The monoisotopic (exact) mass is 261 g/mol. The second kappa shape index (κ2) is 5.09. The average Bonchev–Trinajstić information content (AvgIpc) is 2.43. The van der Waals surface area contributed by atoms with Crippen LogP contribution in [0.3, 0.4) is 0 Å². The molecule has 0 radical (unpaired) electrons. The molecule has 0 saturated carbocycles. The molecule has 0 aliphatic rings. The number of nitrogens with zero attached hydrogens (tertiary/aromatic N) is 1. The summed E-state index contributed by atoms with van der Waals surface area (Å²) in [5.41, 5.74) is 6.38. The van der Waals surface area contributed by atoms with Gasteiger partial charge in [0.25, 0.3) is 0 Å². The lowest BCUT2D eigenvalue weighted by Crippen LogP contribution is -1.97. The molecule has 1 aromatic heterocycles. The lowest BCUT2D eigenvalue weighted by atomic mass is 9.96. The third-order valence-electron chi connectivity index (χ3n) is 3.82. The molecule has 0 amide bonds. The molecule has 0 fully saturated rings. The van der Waals surface area contributed by atoms with E-state index in [0.717, 1.165) is 6.42 Å². The summed E-state index contributed by atoms with van der Waals surface area (Å²) in [6, 6.07) is 15.1. The van der Waals surface area contributed by atoms with Gasteiger partial charge in [-0.05, 0) is 42.8 Å². The van der Waals surface area contributed by atoms with E-state index < -0.39 is 0 Å². The Morgan fingerprint density at radius 1 is 0.900 bits per heavy atom.